The molecule has 0 fully saturated rings. The van der Waals surface area contributed by atoms with Crippen LogP contribution in [0.25, 0.3) is 6.08 Å². The summed E-state index contributed by atoms with van der Waals surface area (Å²) in [6.45, 7) is 4.19. The van der Waals surface area contributed by atoms with Gasteiger partial charge >= 0.3 is 0 Å². The number of ether oxygens (including phenoxy) is 2. The molecular weight excluding hydrogens is 368 g/mol. The largest absolute Gasteiger partial charge is 0.493 e. The Labute approximate surface area is 162 Å². The van der Waals surface area contributed by atoms with Gasteiger partial charge in [0.25, 0.3) is 5.69 Å². The molecule has 7 heteroatoms. The second kappa shape index (κ2) is 5.63. The second-order valence-electron chi connectivity index (χ2n) is 7.30. The minimum absolute atomic E-state index is 0.0381. The lowest BCUT2D eigenvalue weighted by Crippen LogP contribution is -2.58. The summed E-state index contributed by atoms with van der Waals surface area (Å²) in [5.74, 6) is 0.825. The van der Waals surface area contributed by atoms with Gasteiger partial charge in [0.15, 0.2) is 11.5 Å². The first-order valence-corrected chi connectivity index (χ1v) is 8.87. The van der Waals surface area contributed by atoms with Gasteiger partial charge in [-0.2, -0.15) is 0 Å². The standard InChI is InChI=1S/C20H19ClN2O4/c1-19(2)15-10-13(21)5-6-16(15)22(3)20(19)8-7-12-9-14(23(24)25)11-17(26-4)18(12)27-20/h5-11H,1-4H3. The number of likely N-dealkylation sites (N-methyl/N-ethyl adjacent to an activating group) is 1. The van der Waals surface area contributed by atoms with E-state index < -0.39 is 16.1 Å². The van der Waals surface area contributed by atoms with Crippen molar-refractivity contribution < 1.29 is 14.4 Å². The molecule has 4 rings (SSSR count). The average Bonchev–Trinajstić information content (AvgIpc) is 2.79. The molecule has 0 saturated heterocycles. The predicted molar refractivity (Wildman–Crippen MR) is 105 cm³/mol. The lowest BCUT2D eigenvalue weighted by atomic mass is 9.76. The highest BCUT2D eigenvalue weighted by atomic mass is 35.5. The summed E-state index contributed by atoms with van der Waals surface area (Å²) in [5, 5.41) is 11.9. The third-order valence-corrected chi connectivity index (χ3v) is 5.87. The number of hydrogen-bond donors (Lipinski definition) is 0. The minimum atomic E-state index is -0.809. The van der Waals surface area contributed by atoms with E-state index in [4.69, 9.17) is 21.1 Å². The maximum absolute atomic E-state index is 11.2. The van der Waals surface area contributed by atoms with Crippen LogP contribution in [0, 0.1) is 10.1 Å². The minimum Gasteiger partial charge on any atom is -0.493 e. The van der Waals surface area contributed by atoms with Gasteiger partial charge in [-0.15, -0.1) is 0 Å². The fourth-order valence-corrected chi connectivity index (χ4v) is 4.27. The van der Waals surface area contributed by atoms with Crippen LogP contribution in [-0.4, -0.2) is 24.8 Å². The van der Waals surface area contributed by atoms with E-state index in [1.165, 1.54) is 19.2 Å². The number of anilines is 1. The van der Waals surface area contributed by atoms with Gasteiger partial charge in [-0.3, -0.25) is 10.1 Å². The van der Waals surface area contributed by atoms with Crippen molar-refractivity contribution in [1.29, 1.82) is 0 Å². The Morgan fingerprint density at radius 1 is 1.26 bits per heavy atom. The van der Waals surface area contributed by atoms with E-state index in [1.807, 2.05) is 37.4 Å². The van der Waals surface area contributed by atoms with Crippen molar-refractivity contribution in [2.24, 2.45) is 0 Å². The molecule has 2 aromatic carbocycles. The zero-order valence-corrected chi connectivity index (χ0v) is 16.2. The molecule has 2 aliphatic heterocycles. The number of methoxy groups -OCH3 is 1. The first-order valence-electron chi connectivity index (χ1n) is 8.50. The van der Waals surface area contributed by atoms with E-state index in [-0.39, 0.29) is 5.69 Å². The van der Waals surface area contributed by atoms with Crippen molar-refractivity contribution in [2.45, 2.75) is 25.0 Å². The highest BCUT2D eigenvalue weighted by Crippen LogP contribution is 2.56. The molecule has 1 atom stereocenters. The summed E-state index contributed by atoms with van der Waals surface area (Å²) in [6, 6.07) is 8.68. The van der Waals surface area contributed by atoms with Crippen LogP contribution < -0.4 is 14.4 Å². The van der Waals surface area contributed by atoms with Crippen LogP contribution in [0.15, 0.2) is 36.4 Å². The summed E-state index contributed by atoms with van der Waals surface area (Å²) in [4.78, 5) is 12.8. The zero-order chi connectivity index (χ0) is 19.6. The molecule has 140 valence electrons. The first-order chi connectivity index (χ1) is 12.7. The van der Waals surface area contributed by atoms with Crippen LogP contribution >= 0.6 is 11.6 Å². The molecule has 27 heavy (non-hydrogen) atoms. The number of nitro benzene ring substituents is 1. The van der Waals surface area contributed by atoms with Gasteiger partial charge in [0.2, 0.25) is 5.72 Å². The molecule has 0 radical (unpaired) electrons. The number of nitro groups is 1. The van der Waals surface area contributed by atoms with Crippen molar-refractivity contribution in [3.8, 4) is 11.5 Å². The van der Waals surface area contributed by atoms with E-state index >= 15 is 0 Å². The quantitative estimate of drug-likeness (QED) is 0.548. The summed E-state index contributed by atoms with van der Waals surface area (Å²) >= 11 is 6.24. The third-order valence-electron chi connectivity index (χ3n) is 5.63. The van der Waals surface area contributed by atoms with Gasteiger partial charge in [-0.1, -0.05) is 11.6 Å². The number of rotatable bonds is 2. The monoisotopic (exact) mass is 386 g/mol. The number of hydrogen-bond acceptors (Lipinski definition) is 5. The van der Waals surface area contributed by atoms with Gasteiger partial charge in [0.1, 0.15) is 0 Å². The third kappa shape index (κ3) is 2.26. The van der Waals surface area contributed by atoms with Gasteiger partial charge in [-0.05, 0) is 49.8 Å². The summed E-state index contributed by atoms with van der Waals surface area (Å²) in [5.41, 5.74) is 1.44. The molecule has 1 unspecified atom stereocenters. The van der Waals surface area contributed by atoms with Gasteiger partial charge in [-0.25, -0.2) is 0 Å². The molecule has 0 N–H and O–H groups in total. The smallest absolute Gasteiger partial charge is 0.274 e. The highest BCUT2D eigenvalue weighted by Gasteiger charge is 2.58. The molecule has 0 bridgehead atoms. The summed E-state index contributed by atoms with van der Waals surface area (Å²) < 4.78 is 11.9. The Morgan fingerprint density at radius 2 is 2.00 bits per heavy atom. The van der Waals surface area contributed by atoms with Gasteiger partial charge < -0.3 is 14.4 Å². The molecule has 6 nitrogen and oxygen atoms in total. The molecule has 2 aliphatic rings. The van der Waals surface area contributed by atoms with Crippen LogP contribution in [0.1, 0.15) is 25.0 Å². The van der Waals surface area contributed by atoms with Crippen LogP contribution in [0.2, 0.25) is 5.02 Å². The SMILES string of the molecule is COc1cc([N+](=O)[O-])cc2c1OC1(C=C2)N(C)c2ccc(Cl)cc2C1(C)C. The Kier molecular flexibility index (Phi) is 3.69. The first kappa shape index (κ1) is 17.7. The normalized spacial score (nSPS) is 21.6. The van der Waals surface area contributed by atoms with E-state index in [2.05, 4.69) is 18.7 Å². The molecular formula is C20H19ClN2O4. The predicted octanol–water partition coefficient (Wildman–Crippen LogP) is 4.79. The summed E-state index contributed by atoms with van der Waals surface area (Å²) in [6.07, 6.45) is 3.81. The second-order valence-corrected chi connectivity index (χ2v) is 7.74. The Balaban J connectivity index is 1.89. The molecule has 0 aromatic heterocycles. The summed E-state index contributed by atoms with van der Waals surface area (Å²) in [7, 11) is 3.44. The number of halogens is 1. The number of fused-ring (bicyclic) bond motifs is 2. The number of non-ortho nitro benzene ring substituents is 1. The lowest BCUT2D eigenvalue weighted by molar-refractivity contribution is -0.385. The molecule has 2 heterocycles. The maximum atomic E-state index is 11.2. The topological polar surface area (TPSA) is 64.8 Å². The van der Waals surface area contributed by atoms with Crippen LogP contribution in [0.4, 0.5) is 11.4 Å². The molecule has 0 amide bonds. The fourth-order valence-electron chi connectivity index (χ4n) is 4.10. The Bertz CT molecular complexity index is 1000. The van der Waals surface area contributed by atoms with Crippen LogP contribution in [-0.2, 0) is 5.41 Å². The molecule has 2 aromatic rings. The highest BCUT2D eigenvalue weighted by molar-refractivity contribution is 6.30. The fraction of sp³-hybridized carbons (Fsp3) is 0.300. The molecule has 0 aliphatic carbocycles. The molecule has 0 saturated carbocycles. The van der Waals surface area contributed by atoms with Crippen LogP contribution in [0.3, 0.4) is 0 Å². The van der Waals surface area contributed by atoms with E-state index in [9.17, 15) is 10.1 Å². The van der Waals surface area contributed by atoms with Gasteiger partial charge in [0, 0.05) is 29.4 Å². The average molecular weight is 387 g/mol. The van der Waals surface area contributed by atoms with Gasteiger partial charge in [0.05, 0.1) is 23.5 Å². The lowest BCUT2D eigenvalue weighted by Gasteiger charge is -2.45. The van der Waals surface area contributed by atoms with E-state index in [0.29, 0.717) is 22.1 Å². The molecule has 1 spiro atoms. The Morgan fingerprint density at radius 3 is 2.67 bits per heavy atom. The van der Waals surface area contributed by atoms with E-state index in [0.717, 1.165) is 11.3 Å². The van der Waals surface area contributed by atoms with Crippen molar-refractivity contribution in [2.75, 3.05) is 19.1 Å². The van der Waals surface area contributed by atoms with Crippen molar-refractivity contribution in [1.82, 2.24) is 0 Å². The van der Waals surface area contributed by atoms with Crippen molar-refractivity contribution >= 4 is 29.1 Å². The van der Waals surface area contributed by atoms with E-state index in [1.54, 1.807) is 0 Å². The Hall–Kier alpha value is -2.73. The zero-order valence-electron chi connectivity index (χ0n) is 15.4. The number of nitrogens with zero attached hydrogens (tertiary/aromatic N) is 2. The maximum Gasteiger partial charge on any atom is 0.274 e. The van der Waals surface area contributed by atoms with Crippen LogP contribution in [0.5, 0.6) is 11.5 Å². The number of benzene rings is 2. The van der Waals surface area contributed by atoms with Crippen molar-refractivity contribution in [3.05, 3.63) is 62.7 Å². The van der Waals surface area contributed by atoms with Crippen molar-refractivity contribution in [3.63, 3.8) is 0 Å².